The summed E-state index contributed by atoms with van der Waals surface area (Å²) in [6.07, 6.45) is 3.07. The maximum atomic E-state index is 12.3. The van der Waals surface area contributed by atoms with Gasteiger partial charge in [-0.2, -0.15) is 0 Å². The fraction of sp³-hybridized carbons (Fsp3) is 0.615. The SMILES string of the molecule is CCC1CCN(C(=O)c2cc(S(N)(=O)=O)c(C)o2)CC1. The van der Waals surface area contributed by atoms with Gasteiger partial charge >= 0.3 is 0 Å². The molecule has 0 radical (unpaired) electrons. The quantitative estimate of drug-likeness (QED) is 0.915. The molecule has 20 heavy (non-hydrogen) atoms. The van der Waals surface area contributed by atoms with Crippen LogP contribution in [-0.4, -0.2) is 32.3 Å². The zero-order valence-electron chi connectivity index (χ0n) is 11.8. The molecule has 0 spiro atoms. The number of amides is 1. The van der Waals surface area contributed by atoms with Crippen molar-refractivity contribution in [2.45, 2.75) is 38.0 Å². The molecule has 2 heterocycles. The number of carbonyl (C=O) groups excluding carboxylic acids is 1. The largest absolute Gasteiger partial charge is 0.455 e. The van der Waals surface area contributed by atoms with E-state index in [4.69, 9.17) is 9.56 Å². The Bertz CT molecular complexity index is 598. The smallest absolute Gasteiger partial charge is 0.289 e. The lowest BCUT2D eigenvalue weighted by molar-refractivity contribution is 0.0655. The summed E-state index contributed by atoms with van der Waals surface area (Å²) in [4.78, 5) is 13.9. The van der Waals surface area contributed by atoms with Crippen molar-refractivity contribution in [2.24, 2.45) is 11.1 Å². The third kappa shape index (κ3) is 3.04. The number of hydrogen-bond acceptors (Lipinski definition) is 4. The van der Waals surface area contributed by atoms with Gasteiger partial charge in [0.2, 0.25) is 10.0 Å². The average molecular weight is 300 g/mol. The van der Waals surface area contributed by atoms with Crippen molar-refractivity contribution in [2.75, 3.05) is 13.1 Å². The minimum atomic E-state index is -3.85. The van der Waals surface area contributed by atoms with Gasteiger partial charge in [0.15, 0.2) is 5.76 Å². The second-order valence-electron chi connectivity index (χ2n) is 5.22. The molecule has 0 saturated carbocycles. The molecule has 1 aromatic heterocycles. The van der Waals surface area contributed by atoms with Gasteiger partial charge in [0.05, 0.1) is 0 Å². The molecule has 0 bridgehead atoms. The van der Waals surface area contributed by atoms with E-state index in [1.165, 1.54) is 13.0 Å². The van der Waals surface area contributed by atoms with Crippen LogP contribution in [0.1, 0.15) is 42.5 Å². The van der Waals surface area contributed by atoms with Crippen LogP contribution in [0.25, 0.3) is 0 Å². The van der Waals surface area contributed by atoms with Gasteiger partial charge in [0.1, 0.15) is 10.7 Å². The number of nitrogens with zero attached hydrogens (tertiary/aromatic N) is 1. The third-order valence-corrected chi connectivity index (χ3v) is 4.89. The van der Waals surface area contributed by atoms with Crippen LogP contribution in [0.5, 0.6) is 0 Å². The van der Waals surface area contributed by atoms with Gasteiger partial charge in [-0.3, -0.25) is 4.79 Å². The number of nitrogens with two attached hydrogens (primary N) is 1. The Hall–Kier alpha value is -1.34. The number of primary sulfonamides is 1. The number of likely N-dealkylation sites (tertiary alicyclic amines) is 1. The van der Waals surface area contributed by atoms with Crippen molar-refractivity contribution in [3.8, 4) is 0 Å². The predicted molar refractivity (Wildman–Crippen MR) is 73.7 cm³/mol. The molecule has 0 unspecified atom stereocenters. The summed E-state index contributed by atoms with van der Waals surface area (Å²) in [6.45, 7) is 5.00. The van der Waals surface area contributed by atoms with E-state index in [-0.39, 0.29) is 22.3 Å². The standard InChI is InChI=1S/C13H20N2O4S/c1-3-10-4-6-15(7-5-10)13(16)11-8-12(9(2)19-11)20(14,17)18/h8,10H,3-7H2,1-2H3,(H2,14,17,18). The summed E-state index contributed by atoms with van der Waals surface area (Å²) < 4.78 is 27.9. The monoisotopic (exact) mass is 300 g/mol. The van der Waals surface area contributed by atoms with Gasteiger partial charge in [-0.05, 0) is 25.7 Å². The highest BCUT2D eigenvalue weighted by Crippen LogP contribution is 2.24. The van der Waals surface area contributed by atoms with Crippen molar-refractivity contribution >= 4 is 15.9 Å². The maximum absolute atomic E-state index is 12.3. The second-order valence-corrected chi connectivity index (χ2v) is 6.75. The lowest BCUT2D eigenvalue weighted by atomic mass is 9.94. The molecular weight excluding hydrogens is 280 g/mol. The van der Waals surface area contributed by atoms with Crippen molar-refractivity contribution < 1.29 is 17.6 Å². The molecule has 112 valence electrons. The van der Waals surface area contributed by atoms with Crippen molar-refractivity contribution in [1.82, 2.24) is 4.90 Å². The molecule has 7 heteroatoms. The number of carbonyl (C=O) groups is 1. The highest BCUT2D eigenvalue weighted by Gasteiger charge is 2.27. The molecule has 1 aliphatic heterocycles. The van der Waals surface area contributed by atoms with Crippen LogP contribution in [0.3, 0.4) is 0 Å². The molecule has 1 fully saturated rings. The van der Waals surface area contributed by atoms with E-state index in [1.807, 2.05) is 0 Å². The highest BCUT2D eigenvalue weighted by atomic mass is 32.2. The van der Waals surface area contributed by atoms with Crippen LogP contribution < -0.4 is 5.14 Å². The van der Waals surface area contributed by atoms with E-state index in [9.17, 15) is 13.2 Å². The number of aryl methyl sites for hydroxylation is 1. The first-order valence-corrected chi connectivity index (χ1v) is 8.30. The summed E-state index contributed by atoms with van der Waals surface area (Å²) >= 11 is 0. The van der Waals surface area contributed by atoms with E-state index in [2.05, 4.69) is 6.92 Å². The topological polar surface area (TPSA) is 93.6 Å². The van der Waals surface area contributed by atoms with Crippen LogP contribution >= 0.6 is 0 Å². The first-order valence-electron chi connectivity index (χ1n) is 6.75. The first-order chi connectivity index (χ1) is 9.32. The minimum absolute atomic E-state index is 0.0430. The lowest BCUT2D eigenvalue weighted by Crippen LogP contribution is -2.38. The fourth-order valence-corrected chi connectivity index (χ4v) is 3.27. The van der Waals surface area contributed by atoms with Crippen LogP contribution in [0.15, 0.2) is 15.4 Å². The number of rotatable bonds is 3. The molecule has 0 aromatic carbocycles. The normalized spacial score (nSPS) is 17.4. The molecule has 1 aliphatic rings. The molecule has 6 nitrogen and oxygen atoms in total. The average Bonchev–Trinajstić information content (AvgIpc) is 2.80. The van der Waals surface area contributed by atoms with E-state index < -0.39 is 10.0 Å². The summed E-state index contributed by atoms with van der Waals surface area (Å²) in [5, 5.41) is 5.07. The Morgan fingerprint density at radius 3 is 2.50 bits per heavy atom. The maximum Gasteiger partial charge on any atom is 0.289 e. The zero-order chi connectivity index (χ0) is 14.9. The Labute approximate surface area is 119 Å². The minimum Gasteiger partial charge on any atom is -0.455 e. The fourth-order valence-electron chi connectivity index (χ4n) is 2.55. The first kappa shape index (κ1) is 15.1. The lowest BCUT2D eigenvalue weighted by Gasteiger charge is -2.30. The summed E-state index contributed by atoms with van der Waals surface area (Å²) in [7, 11) is -3.85. The molecule has 1 aromatic rings. The number of furan rings is 1. The van der Waals surface area contributed by atoms with Gasteiger partial charge in [0.25, 0.3) is 5.91 Å². The van der Waals surface area contributed by atoms with Gasteiger partial charge in [-0.25, -0.2) is 13.6 Å². The molecule has 0 aliphatic carbocycles. The molecule has 1 amide bonds. The van der Waals surface area contributed by atoms with E-state index in [0.29, 0.717) is 19.0 Å². The van der Waals surface area contributed by atoms with Crippen LogP contribution in [0.2, 0.25) is 0 Å². The summed E-state index contributed by atoms with van der Waals surface area (Å²) in [5.74, 6) is 0.593. The van der Waals surface area contributed by atoms with Gasteiger partial charge < -0.3 is 9.32 Å². The Balaban J connectivity index is 2.15. The zero-order valence-corrected chi connectivity index (χ0v) is 12.6. The summed E-state index contributed by atoms with van der Waals surface area (Å²) in [5.41, 5.74) is 0. The second kappa shape index (κ2) is 5.57. The van der Waals surface area contributed by atoms with Gasteiger partial charge in [-0.15, -0.1) is 0 Å². The van der Waals surface area contributed by atoms with E-state index in [1.54, 1.807) is 4.90 Å². The van der Waals surface area contributed by atoms with Crippen LogP contribution in [-0.2, 0) is 10.0 Å². The highest BCUT2D eigenvalue weighted by molar-refractivity contribution is 7.89. The third-order valence-electron chi connectivity index (χ3n) is 3.87. The van der Waals surface area contributed by atoms with Gasteiger partial charge in [0, 0.05) is 19.2 Å². The van der Waals surface area contributed by atoms with Gasteiger partial charge in [-0.1, -0.05) is 13.3 Å². The Morgan fingerprint density at radius 2 is 2.05 bits per heavy atom. The number of piperidine rings is 1. The molecule has 2 N–H and O–H groups in total. The molecular formula is C13H20N2O4S. The van der Waals surface area contributed by atoms with Crippen LogP contribution in [0.4, 0.5) is 0 Å². The molecule has 2 rings (SSSR count). The number of hydrogen-bond donors (Lipinski definition) is 1. The molecule has 1 saturated heterocycles. The summed E-state index contributed by atoms with van der Waals surface area (Å²) in [6, 6.07) is 1.22. The van der Waals surface area contributed by atoms with Crippen molar-refractivity contribution in [1.29, 1.82) is 0 Å². The molecule has 0 atom stereocenters. The number of sulfonamides is 1. The Kier molecular flexibility index (Phi) is 4.19. The van der Waals surface area contributed by atoms with Crippen molar-refractivity contribution in [3.63, 3.8) is 0 Å². The van der Waals surface area contributed by atoms with E-state index in [0.717, 1.165) is 19.3 Å². The van der Waals surface area contributed by atoms with Crippen molar-refractivity contribution in [3.05, 3.63) is 17.6 Å². The predicted octanol–water partition coefficient (Wildman–Crippen LogP) is 1.50. The van der Waals surface area contributed by atoms with Crippen LogP contribution in [0, 0.1) is 12.8 Å². The Morgan fingerprint density at radius 1 is 1.45 bits per heavy atom. The van der Waals surface area contributed by atoms with E-state index >= 15 is 0 Å².